The molecule has 2 heterocycles. The van der Waals surface area contributed by atoms with Crippen LogP contribution in [-0.2, 0) is 0 Å². The lowest BCUT2D eigenvalue weighted by atomic mass is 9.99. The van der Waals surface area contributed by atoms with Crippen LogP contribution in [0, 0.1) is 0 Å². The lowest BCUT2D eigenvalue weighted by Gasteiger charge is -2.29. The number of rotatable bonds is 5. The van der Waals surface area contributed by atoms with Gasteiger partial charge in [0, 0.05) is 33.0 Å². The van der Waals surface area contributed by atoms with Crippen molar-refractivity contribution in [1.29, 1.82) is 0 Å². The molecule has 0 radical (unpaired) electrons. The highest BCUT2D eigenvalue weighted by Crippen LogP contribution is 2.48. The van der Waals surface area contributed by atoms with Gasteiger partial charge in [-0.2, -0.15) is 0 Å². The van der Waals surface area contributed by atoms with Crippen LogP contribution in [0.25, 0.3) is 60.5 Å². The van der Waals surface area contributed by atoms with Crippen LogP contribution in [0.1, 0.15) is 0 Å². The van der Waals surface area contributed by atoms with Gasteiger partial charge in [0.15, 0.2) is 11.5 Å². The first-order valence-electron chi connectivity index (χ1n) is 16.7. The summed E-state index contributed by atoms with van der Waals surface area (Å²) >= 11 is 0. The van der Waals surface area contributed by atoms with Gasteiger partial charge >= 0.3 is 0 Å². The molecule has 230 valence electrons. The smallest absolute Gasteiger partial charge is 0.152 e. The second-order valence-corrected chi connectivity index (χ2v) is 12.5. The minimum Gasteiger partial charge on any atom is -0.453 e. The molecule has 1 aliphatic heterocycles. The number of nitrogens with zero attached hydrogens (tertiary/aromatic N) is 2. The monoisotopic (exact) mass is 626 g/mol. The molecule has 0 saturated heterocycles. The summed E-state index contributed by atoms with van der Waals surface area (Å²) in [5, 5.41) is 4.83. The van der Waals surface area contributed by atoms with E-state index in [1.807, 2.05) is 6.07 Å². The second-order valence-electron chi connectivity index (χ2n) is 12.5. The number of aromatic nitrogens is 1. The van der Waals surface area contributed by atoms with E-state index in [1.54, 1.807) is 0 Å². The molecular formula is C46H30N2O. The number of hydrogen-bond donors (Lipinski definition) is 0. The summed E-state index contributed by atoms with van der Waals surface area (Å²) in [5.74, 6) is 1.75. The molecule has 49 heavy (non-hydrogen) atoms. The molecule has 0 N–H and O–H groups in total. The molecule has 0 spiro atoms. The van der Waals surface area contributed by atoms with E-state index >= 15 is 0 Å². The van der Waals surface area contributed by atoms with E-state index in [9.17, 15) is 0 Å². The van der Waals surface area contributed by atoms with Gasteiger partial charge in [0.2, 0.25) is 0 Å². The van der Waals surface area contributed by atoms with E-state index in [1.165, 1.54) is 43.8 Å². The Hall–Kier alpha value is -6.58. The number of anilines is 3. The van der Waals surface area contributed by atoms with Crippen molar-refractivity contribution in [2.75, 3.05) is 4.90 Å². The average molecular weight is 627 g/mol. The maximum Gasteiger partial charge on any atom is 0.152 e. The largest absolute Gasteiger partial charge is 0.453 e. The Morgan fingerprint density at radius 2 is 0.980 bits per heavy atom. The van der Waals surface area contributed by atoms with Gasteiger partial charge in [-0.15, -0.1) is 0 Å². The number of hydrogen-bond acceptors (Lipinski definition) is 2. The minimum atomic E-state index is 0.868. The average Bonchev–Trinajstić information content (AvgIpc) is 3.52. The fourth-order valence-electron chi connectivity index (χ4n) is 7.62. The SMILES string of the molecule is c1ccc(-c2ccccc2N(c2ccc(-c3cccc4c5cccc6c5n(c34)-c3ccccc3O6)cc2)c2cccc3ccccc23)cc1. The molecular weight excluding hydrogens is 597 g/mol. The zero-order valence-electron chi connectivity index (χ0n) is 26.6. The summed E-state index contributed by atoms with van der Waals surface area (Å²) in [6.07, 6.45) is 0. The molecule has 0 amide bonds. The van der Waals surface area contributed by atoms with Crippen molar-refractivity contribution < 1.29 is 4.74 Å². The van der Waals surface area contributed by atoms with Gasteiger partial charge in [-0.25, -0.2) is 0 Å². The van der Waals surface area contributed by atoms with Gasteiger partial charge in [-0.3, -0.25) is 0 Å². The number of fused-ring (bicyclic) bond motifs is 6. The zero-order valence-corrected chi connectivity index (χ0v) is 26.6. The molecule has 0 aliphatic carbocycles. The van der Waals surface area contributed by atoms with E-state index in [0.29, 0.717) is 0 Å². The summed E-state index contributed by atoms with van der Waals surface area (Å²) in [6, 6.07) is 65.0. The van der Waals surface area contributed by atoms with Gasteiger partial charge in [0.25, 0.3) is 0 Å². The minimum absolute atomic E-state index is 0.868. The first kappa shape index (κ1) is 27.5. The maximum absolute atomic E-state index is 6.40. The molecule has 9 aromatic rings. The Kier molecular flexibility index (Phi) is 6.18. The van der Waals surface area contributed by atoms with Crippen molar-refractivity contribution >= 4 is 49.6 Å². The third-order valence-corrected chi connectivity index (χ3v) is 9.77. The van der Waals surface area contributed by atoms with Gasteiger partial charge in [-0.05, 0) is 59.0 Å². The molecule has 0 atom stereocenters. The van der Waals surface area contributed by atoms with Gasteiger partial charge < -0.3 is 14.2 Å². The maximum atomic E-state index is 6.40. The Bertz CT molecular complexity index is 2680. The van der Waals surface area contributed by atoms with Crippen molar-refractivity contribution in [2.45, 2.75) is 0 Å². The summed E-state index contributed by atoms with van der Waals surface area (Å²) in [6.45, 7) is 0. The van der Waals surface area contributed by atoms with E-state index in [2.05, 4.69) is 185 Å². The summed E-state index contributed by atoms with van der Waals surface area (Å²) in [5.41, 5.74) is 11.4. The highest BCUT2D eigenvalue weighted by Gasteiger charge is 2.25. The third kappa shape index (κ3) is 4.29. The Morgan fingerprint density at radius 1 is 0.388 bits per heavy atom. The van der Waals surface area contributed by atoms with Crippen molar-refractivity contribution in [3.63, 3.8) is 0 Å². The van der Waals surface area contributed by atoms with Crippen LogP contribution in [-0.4, -0.2) is 4.57 Å². The molecule has 8 aromatic carbocycles. The van der Waals surface area contributed by atoms with Crippen molar-refractivity contribution in [3.8, 4) is 39.4 Å². The Morgan fingerprint density at radius 3 is 1.88 bits per heavy atom. The molecule has 0 bridgehead atoms. The zero-order chi connectivity index (χ0) is 32.3. The van der Waals surface area contributed by atoms with E-state index in [-0.39, 0.29) is 0 Å². The first-order valence-corrected chi connectivity index (χ1v) is 16.7. The van der Waals surface area contributed by atoms with Gasteiger partial charge in [0.05, 0.1) is 28.1 Å². The van der Waals surface area contributed by atoms with Crippen LogP contribution >= 0.6 is 0 Å². The fourth-order valence-corrected chi connectivity index (χ4v) is 7.62. The van der Waals surface area contributed by atoms with Crippen LogP contribution < -0.4 is 9.64 Å². The molecule has 0 fully saturated rings. The molecule has 0 unspecified atom stereocenters. The predicted octanol–water partition coefficient (Wildman–Crippen LogP) is 12.8. The lowest BCUT2D eigenvalue weighted by molar-refractivity contribution is 0.476. The molecule has 1 aliphatic rings. The number of ether oxygens (including phenoxy) is 1. The molecule has 0 saturated carbocycles. The van der Waals surface area contributed by atoms with Crippen molar-refractivity contribution in [2.24, 2.45) is 0 Å². The number of benzene rings is 8. The number of para-hydroxylation sites is 5. The summed E-state index contributed by atoms with van der Waals surface area (Å²) in [7, 11) is 0. The Labute approximate surface area is 284 Å². The molecule has 3 nitrogen and oxygen atoms in total. The first-order chi connectivity index (χ1) is 24.3. The molecule has 1 aromatic heterocycles. The second kappa shape index (κ2) is 11.0. The fraction of sp³-hybridized carbons (Fsp3) is 0. The summed E-state index contributed by atoms with van der Waals surface area (Å²) in [4.78, 5) is 2.41. The van der Waals surface area contributed by atoms with Crippen LogP contribution in [0.3, 0.4) is 0 Å². The molecule has 10 rings (SSSR count). The van der Waals surface area contributed by atoms with Crippen LogP contribution in [0.4, 0.5) is 17.1 Å². The van der Waals surface area contributed by atoms with Crippen LogP contribution in [0.5, 0.6) is 11.5 Å². The van der Waals surface area contributed by atoms with E-state index in [0.717, 1.165) is 45.3 Å². The quantitative estimate of drug-likeness (QED) is 0.189. The summed E-state index contributed by atoms with van der Waals surface area (Å²) < 4.78 is 8.79. The Balaban J connectivity index is 1.18. The van der Waals surface area contributed by atoms with E-state index < -0.39 is 0 Å². The van der Waals surface area contributed by atoms with Crippen LogP contribution in [0.15, 0.2) is 182 Å². The normalized spacial score (nSPS) is 11.8. The molecule has 3 heteroatoms. The highest BCUT2D eigenvalue weighted by molar-refractivity contribution is 6.16. The standard InChI is InChI=1S/C46H30N2O/c1-2-13-31(14-3-1)35-18-6-7-22-40(35)47(41-24-10-16-32-15-4-5-17-36(32)41)34-29-27-33(28-30-34)37-19-11-20-38-39-21-12-26-44-46(39)48(45(37)38)42-23-8-9-25-43(42)49-44/h1-30H. The predicted molar refractivity (Wildman–Crippen MR) is 204 cm³/mol. The van der Waals surface area contributed by atoms with E-state index in [4.69, 9.17) is 4.74 Å². The highest BCUT2D eigenvalue weighted by atomic mass is 16.5. The topological polar surface area (TPSA) is 17.4 Å². The van der Waals surface area contributed by atoms with Crippen molar-refractivity contribution in [3.05, 3.63) is 182 Å². The van der Waals surface area contributed by atoms with Gasteiger partial charge in [-0.1, -0.05) is 140 Å². The van der Waals surface area contributed by atoms with Gasteiger partial charge in [0.1, 0.15) is 0 Å². The lowest BCUT2D eigenvalue weighted by Crippen LogP contribution is -2.11. The third-order valence-electron chi connectivity index (χ3n) is 9.77. The van der Waals surface area contributed by atoms with Crippen LogP contribution in [0.2, 0.25) is 0 Å². The van der Waals surface area contributed by atoms with Crippen molar-refractivity contribution in [1.82, 2.24) is 4.57 Å².